The van der Waals surface area contributed by atoms with E-state index >= 15 is 0 Å². The number of rotatable bonds is 2. The Balaban J connectivity index is 2.05. The number of hydrogen-bond acceptors (Lipinski definition) is 2. The number of carbonyl (C=O) groups is 1. The van der Waals surface area contributed by atoms with Crippen molar-refractivity contribution in [3.05, 3.63) is 29.6 Å². The molecule has 1 heterocycles. The van der Waals surface area contributed by atoms with Gasteiger partial charge >= 0.3 is 0 Å². The summed E-state index contributed by atoms with van der Waals surface area (Å²) in [6.45, 7) is 3.16. The zero-order valence-electron chi connectivity index (χ0n) is 10.8. The van der Waals surface area contributed by atoms with E-state index in [9.17, 15) is 9.18 Å². The van der Waals surface area contributed by atoms with E-state index < -0.39 is 5.82 Å². The molecule has 104 valence electrons. The second-order valence-electron chi connectivity index (χ2n) is 4.97. The first-order valence-corrected chi connectivity index (χ1v) is 6.84. The van der Waals surface area contributed by atoms with E-state index in [1.54, 1.807) is 4.90 Å². The van der Waals surface area contributed by atoms with Gasteiger partial charge in [-0.05, 0) is 37.8 Å². The largest absolute Gasteiger partial charge is 0.508 e. The Morgan fingerprint density at radius 1 is 1.47 bits per heavy atom. The third-order valence-corrected chi connectivity index (χ3v) is 4.02. The van der Waals surface area contributed by atoms with E-state index in [1.165, 1.54) is 12.1 Å². The van der Waals surface area contributed by atoms with Crippen molar-refractivity contribution in [1.29, 1.82) is 0 Å². The van der Waals surface area contributed by atoms with Crippen LogP contribution in [0, 0.1) is 11.7 Å². The lowest BCUT2D eigenvalue weighted by Crippen LogP contribution is -2.40. The summed E-state index contributed by atoms with van der Waals surface area (Å²) in [4.78, 5) is 13.8. The average Bonchev–Trinajstić information content (AvgIpc) is 2.38. The van der Waals surface area contributed by atoms with E-state index in [0.717, 1.165) is 18.9 Å². The number of benzene rings is 1. The van der Waals surface area contributed by atoms with Gasteiger partial charge in [-0.3, -0.25) is 4.79 Å². The fourth-order valence-corrected chi connectivity index (χ4v) is 2.66. The van der Waals surface area contributed by atoms with Crippen molar-refractivity contribution >= 4 is 17.5 Å². The van der Waals surface area contributed by atoms with Crippen LogP contribution in [0.1, 0.15) is 30.1 Å². The lowest BCUT2D eigenvalue weighted by molar-refractivity contribution is 0.0685. The number of carbonyl (C=O) groups excluding carboxylic acids is 1. The van der Waals surface area contributed by atoms with Crippen molar-refractivity contribution in [1.82, 2.24) is 4.90 Å². The van der Waals surface area contributed by atoms with Crippen molar-refractivity contribution in [2.45, 2.75) is 25.1 Å². The van der Waals surface area contributed by atoms with Crippen LogP contribution in [0.5, 0.6) is 5.75 Å². The number of aromatic hydroxyl groups is 1. The van der Waals surface area contributed by atoms with Gasteiger partial charge in [-0.15, -0.1) is 11.6 Å². The lowest BCUT2D eigenvalue weighted by Gasteiger charge is -2.33. The first kappa shape index (κ1) is 14.1. The number of piperidine rings is 1. The SMILES string of the molecule is CC(Cl)C1CCN(C(=O)c2ccc(O)cc2F)CC1. The Hall–Kier alpha value is -1.29. The van der Waals surface area contributed by atoms with E-state index in [1.807, 2.05) is 6.92 Å². The molecule has 0 aliphatic carbocycles. The molecule has 1 atom stereocenters. The van der Waals surface area contributed by atoms with Crippen LogP contribution < -0.4 is 0 Å². The smallest absolute Gasteiger partial charge is 0.256 e. The minimum Gasteiger partial charge on any atom is -0.508 e. The fraction of sp³-hybridized carbons (Fsp3) is 0.500. The zero-order valence-corrected chi connectivity index (χ0v) is 11.5. The van der Waals surface area contributed by atoms with E-state index in [2.05, 4.69) is 0 Å². The molecule has 0 radical (unpaired) electrons. The number of hydrogen-bond donors (Lipinski definition) is 1. The Labute approximate surface area is 117 Å². The Bertz CT molecular complexity index is 471. The number of amides is 1. The molecular weight excluding hydrogens is 269 g/mol. The molecule has 1 saturated heterocycles. The number of halogens is 2. The van der Waals surface area contributed by atoms with Crippen LogP contribution in [0.15, 0.2) is 18.2 Å². The molecule has 1 amide bonds. The first-order valence-electron chi connectivity index (χ1n) is 6.41. The van der Waals surface area contributed by atoms with Crippen molar-refractivity contribution < 1.29 is 14.3 Å². The maximum Gasteiger partial charge on any atom is 0.256 e. The normalized spacial score (nSPS) is 18.4. The van der Waals surface area contributed by atoms with Crippen LogP contribution in [-0.4, -0.2) is 34.4 Å². The van der Waals surface area contributed by atoms with Crippen LogP contribution >= 0.6 is 11.6 Å². The predicted octanol–water partition coefficient (Wildman–Crippen LogP) is 3.01. The summed E-state index contributed by atoms with van der Waals surface area (Å²) in [5, 5.41) is 9.25. The van der Waals surface area contributed by atoms with Gasteiger partial charge in [0, 0.05) is 24.5 Å². The van der Waals surface area contributed by atoms with E-state index in [4.69, 9.17) is 16.7 Å². The monoisotopic (exact) mass is 285 g/mol. The van der Waals surface area contributed by atoms with Gasteiger partial charge in [-0.2, -0.15) is 0 Å². The molecule has 1 aliphatic rings. The van der Waals surface area contributed by atoms with Crippen LogP contribution in [0.25, 0.3) is 0 Å². The summed E-state index contributed by atoms with van der Waals surface area (Å²) in [5.74, 6) is -0.768. The fourth-order valence-electron chi connectivity index (χ4n) is 2.41. The lowest BCUT2D eigenvalue weighted by atomic mass is 9.93. The third-order valence-electron chi connectivity index (χ3n) is 3.66. The molecule has 0 bridgehead atoms. The molecule has 1 unspecified atom stereocenters. The van der Waals surface area contributed by atoms with Crippen molar-refractivity contribution in [3.8, 4) is 5.75 Å². The topological polar surface area (TPSA) is 40.5 Å². The summed E-state index contributed by atoms with van der Waals surface area (Å²) < 4.78 is 13.6. The molecule has 0 spiro atoms. The molecule has 1 fully saturated rings. The third kappa shape index (κ3) is 3.18. The Kier molecular flexibility index (Phi) is 4.30. The maximum atomic E-state index is 13.6. The second kappa shape index (κ2) is 5.78. The highest BCUT2D eigenvalue weighted by Crippen LogP contribution is 2.25. The zero-order chi connectivity index (χ0) is 14.0. The van der Waals surface area contributed by atoms with Crippen molar-refractivity contribution in [2.75, 3.05) is 13.1 Å². The highest BCUT2D eigenvalue weighted by atomic mass is 35.5. The number of likely N-dealkylation sites (tertiary alicyclic amines) is 1. The highest BCUT2D eigenvalue weighted by Gasteiger charge is 2.27. The maximum absolute atomic E-state index is 13.6. The molecule has 1 aromatic rings. The summed E-state index contributed by atoms with van der Waals surface area (Å²) in [6, 6.07) is 3.61. The Morgan fingerprint density at radius 2 is 2.11 bits per heavy atom. The van der Waals surface area contributed by atoms with Gasteiger partial charge in [-0.1, -0.05) is 0 Å². The van der Waals surface area contributed by atoms with Gasteiger partial charge in [-0.25, -0.2) is 4.39 Å². The molecule has 0 saturated carbocycles. The minimum atomic E-state index is -0.683. The number of phenols is 1. The molecule has 0 aromatic heterocycles. The molecule has 1 aliphatic heterocycles. The number of alkyl halides is 1. The first-order chi connectivity index (χ1) is 8.99. The summed E-state index contributed by atoms with van der Waals surface area (Å²) in [7, 11) is 0. The molecule has 1 N–H and O–H groups in total. The van der Waals surface area contributed by atoms with Gasteiger partial charge in [0.05, 0.1) is 5.56 Å². The van der Waals surface area contributed by atoms with Gasteiger partial charge in [0.15, 0.2) is 0 Å². The molecule has 1 aromatic carbocycles. The molecule has 5 heteroatoms. The van der Waals surface area contributed by atoms with Crippen LogP contribution in [0.2, 0.25) is 0 Å². The standard InChI is InChI=1S/C14H17ClFNO2/c1-9(15)10-4-6-17(7-5-10)14(19)12-3-2-11(18)8-13(12)16/h2-3,8-10,18H,4-7H2,1H3. The quantitative estimate of drug-likeness (QED) is 0.849. The minimum absolute atomic E-state index is 0.00942. The number of phenolic OH excluding ortho intramolecular Hbond substituents is 1. The van der Waals surface area contributed by atoms with Crippen molar-refractivity contribution in [2.24, 2.45) is 5.92 Å². The number of nitrogens with zero attached hydrogens (tertiary/aromatic N) is 1. The van der Waals surface area contributed by atoms with Gasteiger partial charge < -0.3 is 10.0 Å². The van der Waals surface area contributed by atoms with E-state index in [0.29, 0.717) is 19.0 Å². The predicted molar refractivity (Wildman–Crippen MR) is 72.0 cm³/mol. The van der Waals surface area contributed by atoms with Gasteiger partial charge in [0.25, 0.3) is 5.91 Å². The molecule has 2 rings (SSSR count). The summed E-state index contributed by atoms with van der Waals surface area (Å²) in [6.07, 6.45) is 1.69. The highest BCUT2D eigenvalue weighted by molar-refractivity contribution is 6.20. The van der Waals surface area contributed by atoms with Crippen molar-refractivity contribution in [3.63, 3.8) is 0 Å². The summed E-state index contributed by atoms with van der Waals surface area (Å²) in [5.41, 5.74) is 0.00942. The molecule has 3 nitrogen and oxygen atoms in total. The molecular formula is C14H17ClFNO2. The second-order valence-corrected chi connectivity index (χ2v) is 5.66. The van der Waals surface area contributed by atoms with Crippen LogP contribution in [0.4, 0.5) is 4.39 Å². The van der Waals surface area contributed by atoms with Crippen LogP contribution in [-0.2, 0) is 0 Å². The average molecular weight is 286 g/mol. The summed E-state index contributed by atoms with van der Waals surface area (Å²) >= 11 is 6.05. The van der Waals surface area contributed by atoms with Gasteiger partial charge in [0.2, 0.25) is 0 Å². The molecule has 19 heavy (non-hydrogen) atoms. The van der Waals surface area contributed by atoms with E-state index in [-0.39, 0.29) is 22.6 Å². The van der Waals surface area contributed by atoms with Gasteiger partial charge in [0.1, 0.15) is 11.6 Å². The van der Waals surface area contributed by atoms with Crippen LogP contribution in [0.3, 0.4) is 0 Å². The Morgan fingerprint density at radius 3 is 2.63 bits per heavy atom.